The van der Waals surface area contributed by atoms with Gasteiger partial charge in [0, 0.05) is 44.8 Å². The summed E-state index contributed by atoms with van der Waals surface area (Å²) >= 11 is 0. The number of guanidine groups is 1. The van der Waals surface area contributed by atoms with E-state index in [0.717, 1.165) is 57.9 Å². The van der Waals surface area contributed by atoms with E-state index in [-0.39, 0.29) is 30.1 Å². The first-order valence-corrected chi connectivity index (χ1v) is 8.92. The molecule has 0 amide bonds. The minimum absolute atomic E-state index is 0. The van der Waals surface area contributed by atoms with Gasteiger partial charge in [-0.05, 0) is 53.9 Å². The van der Waals surface area contributed by atoms with Crippen LogP contribution in [0.3, 0.4) is 0 Å². The molecule has 0 aromatic heterocycles. The van der Waals surface area contributed by atoms with Gasteiger partial charge < -0.3 is 15.3 Å². The molecule has 1 aliphatic heterocycles. The largest absolute Gasteiger partial charge is 0.393 e. The Bertz CT molecular complexity index is 321. The fraction of sp³-hybridized carbons (Fsp3) is 0.941. The predicted octanol–water partition coefficient (Wildman–Crippen LogP) is 2.54. The molecule has 5 nitrogen and oxygen atoms in total. The normalized spacial score (nSPS) is 17.1. The predicted molar refractivity (Wildman–Crippen MR) is 110 cm³/mol. The van der Waals surface area contributed by atoms with Crippen molar-refractivity contribution in [1.82, 2.24) is 15.1 Å². The van der Waals surface area contributed by atoms with Crippen LogP contribution >= 0.6 is 24.0 Å². The summed E-state index contributed by atoms with van der Waals surface area (Å²) in [5.41, 5.74) is 0. The van der Waals surface area contributed by atoms with Gasteiger partial charge in [-0.2, -0.15) is 0 Å². The Morgan fingerprint density at radius 3 is 2.26 bits per heavy atom. The maximum absolute atomic E-state index is 9.63. The summed E-state index contributed by atoms with van der Waals surface area (Å²) in [6, 6.07) is 1.17. The van der Waals surface area contributed by atoms with Crippen LogP contribution in [0.5, 0.6) is 0 Å². The molecule has 0 atom stereocenters. The molecule has 1 rings (SSSR count). The average molecular weight is 440 g/mol. The zero-order valence-electron chi connectivity index (χ0n) is 15.6. The van der Waals surface area contributed by atoms with Crippen molar-refractivity contribution in [3.63, 3.8) is 0 Å². The van der Waals surface area contributed by atoms with Crippen molar-refractivity contribution >= 4 is 29.9 Å². The number of nitrogens with one attached hydrogen (secondary N) is 1. The number of hydrogen-bond acceptors (Lipinski definition) is 3. The molecule has 0 radical (unpaired) electrons. The molecule has 2 N–H and O–H groups in total. The molecule has 0 aromatic carbocycles. The maximum atomic E-state index is 9.63. The zero-order chi connectivity index (χ0) is 16.5. The number of aliphatic imine (C=N–C) groups is 1. The minimum atomic E-state index is -0.134. The van der Waals surface area contributed by atoms with Crippen LogP contribution < -0.4 is 5.32 Å². The molecule has 6 heteroatoms. The highest BCUT2D eigenvalue weighted by atomic mass is 127. The lowest BCUT2D eigenvalue weighted by atomic mass is 10.1. The molecule has 0 saturated carbocycles. The topological polar surface area (TPSA) is 51.1 Å². The van der Waals surface area contributed by atoms with Crippen LogP contribution in [0, 0.1) is 0 Å². The van der Waals surface area contributed by atoms with Gasteiger partial charge in [0.1, 0.15) is 0 Å². The second-order valence-electron chi connectivity index (χ2n) is 6.73. The van der Waals surface area contributed by atoms with Gasteiger partial charge in [-0.3, -0.25) is 9.89 Å². The van der Waals surface area contributed by atoms with Crippen molar-refractivity contribution in [2.45, 2.75) is 72.1 Å². The number of piperidine rings is 1. The highest BCUT2D eigenvalue weighted by molar-refractivity contribution is 14.0. The molecule has 23 heavy (non-hydrogen) atoms. The van der Waals surface area contributed by atoms with Crippen LogP contribution in [-0.2, 0) is 0 Å². The summed E-state index contributed by atoms with van der Waals surface area (Å²) in [7, 11) is 0. The molecule has 1 heterocycles. The lowest BCUT2D eigenvalue weighted by Crippen LogP contribution is -2.46. The Labute approximate surface area is 159 Å². The number of aliphatic hydroxyl groups is 1. The molecule has 0 aromatic rings. The van der Waals surface area contributed by atoms with E-state index in [4.69, 9.17) is 4.99 Å². The second kappa shape index (κ2) is 12.3. The van der Waals surface area contributed by atoms with Gasteiger partial charge in [0.25, 0.3) is 0 Å². The fourth-order valence-electron chi connectivity index (χ4n) is 3.05. The average Bonchev–Trinajstić information content (AvgIpc) is 2.46. The number of aliphatic hydroxyl groups excluding tert-OH is 1. The van der Waals surface area contributed by atoms with Crippen LogP contribution in [0.25, 0.3) is 0 Å². The van der Waals surface area contributed by atoms with Gasteiger partial charge in [0.05, 0.1) is 6.10 Å². The number of halogens is 1. The summed E-state index contributed by atoms with van der Waals surface area (Å²) < 4.78 is 0. The Hall–Kier alpha value is -0.0800. The summed E-state index contributed by atoms with van der Waals surface area (Å²) in [6.45, 7) is 15.8. The van der Waals surface area contributed by atoms with Gasteiger partial charge in [-0.15, -0.1) is 24.0 Å². The Morgan fingerprint density at radius 2 is 1.78 bits per heavy atom. The van der Waals surface area contributed by atoms with Crippen molar-refractivity contribution in [1.29, 1.82) is 0 Å². The van der Waals surface area contributed by atoms with Gasteiger partial charge in [0.15, 0.2) is 5.96 Å². The van der Waals surface area contributed by atoms with E-state index in [1.165, 1.54) is 0 Å². The smallest absolute Gasteiger partial charge is 0.193 e. The first kappa shape index (κ1) is 22.9. The highest BCUT2D eigenvalue weighted by Gasteiger charge is 2.19. The monoisotopic (exact) mass is 440 g/mol. The minimum Gasteiger partial charge on any atom is -0.393 e. The van der Waals surface area contributed by atoms with E-state index in [0.29, 0.717) is 12.1 Å². The third-order valence-corrected chi connectivity index (χ3v) is 4.26. The van der Waals surface area contributed by atoms with E-state index in [2.05, 4.69) is 49.7 Å². The molecule has 0 aliphatic carbocycles. The standard InChI is InChI=1S/C17H36N4O.HI/c1-6-18-17(20-12-8-16(22)9-13-20)19-10-7-11-21(14(2)3)15(4)5;/h14-16,22H,6-13H2,1-5H3,(H,18,19);1H. The quantitative estimate of drug-likeness (QED) is 0.277. The van der Waals surface area contributed by atoms with E-state index in [1.807, 2.05) is 0 Å². The van der Waals surface area contributed by atoms with Gasteiger partial charge in [-0.1, -0.05) is 0 Å². The number of likely N-dealkylation sites (tertiary alicyclic amines) is 1. The number of nitrogens with zero attached hydrogens (tertiary/aromatic N) is 3. The van der Waals surface area contributed by atoms with Crippen molar-refractivity contribution in [2.24, 2.45) is 4.99 Å². The van der Waals surface area contributed by atoms with Crippen LogP contribution in [0.15, 0.2) is 4.99 Å². The Balaban J connectivity index is 0.00000484. The third kappa shape index (κ3) is 8.54. The fourth-order valence-corrected chi connectivity index (χ4v) is 3.05. The van der Waals surface area contributed by atoms with Crippen LogP contribution in [0.4, 0.5) is 0 Å². The molecular formula is C17H37IN4O. The lowest BCUT2D eigenvalue weighted by Gasteiger charge is -2.32. The SMILES string of the molecule is CCNC(=NCCCN(C(C)C)C(C)C)N1CCC(O)CC1.I. The molecule has 1 aliphatic rings. The Morgan fingerprint density at radius 1 is 1.22 bits per heavy atom. The molecule has 1 saturated heterocycles. The number of hydrogen-bond donors (Lipinski definition) is 2. The third-order valence-electron chi connectivity index (χ3n) is 4.26. The zero-order valence-corrected chi connectivity index (χ0v) is 17.9. The summed E-state index contributed by atoms with van der Waals surface area (Å²) in [5.74, 6) is 1.01. The molecule has 0 bridgehead atoms. The first-order valence-electron chi connectivity index (χ1n) is 8.92. The summed E-state index contributed by atoms with van der Waals surface area (Å²) in [6.07, 6.45) is 2.64. The summed E-state index contributed by atoms with van der Waals surface area (Å²) in [5, 5.41) is 13.0. The van der Waals surface area contributed by atoms with E-state index in [9.17, 15) is 5.11 Å². The van der Waals surface area contributed by atoms with Crippen molar-refractivity contribution < 1.29 is 5.11 Å². The first-order chi connectivity index (χ1) is 10.5. The lowest BCUT2D eigenvalue weighted by molar-refractivity contribution is 0.108. The van der Waals surface area contributed by atoms with Gasteiger partial charge in [-0.25, -0.2) is 0 Å². The second-order valence-corrected chi connectivity index (χ2v) is 6.73. The molecule has 0 unspecified atom stereocenters. The highest BCUT2D eigenvalue weighted by Crippen LogP contribution is 2.10. The van der Waals surface area contributed by atoms with Gasteiger partial charge >= 0.3 is 0 Å². The maximum Gasteiger partial charge on any atom is 0.193 e. The van der Waals surface area contributed by atoms with Crippen molar-refractivity contribution in [2.75, 3.05) is 32.7 Å². The molecule has 1 fully saturated rings. The molecule has 138 valence electrons. The summed E-state index contributed by atoms with van der Waals surface area (Å²) in [4.78, 5) is 9.57. The van der Waals surface area contributed by atoms with Crippen LogP contribution in [-0.4, -0.2) is 71.8 Å². The van der Waals surface area contributed by atoms with Gasteiger partial charge in [0.2, 0.25) is 0 Å². The van der Waals surface area contributed by atoms with E-state index in [1.54, 1.807) is 0 Å². The van der Waals surface area contributed by atoms with E-state index >= 15 is 0 Å². The molecular weight excluding hydrogens is 403 g/mol. The Kier molecular flexibility index (Phi) is 12.3. The molecule has 0 spiro atoms. The van der Waals surface area contributed by atoms with Crippen molar-refractivity contribution in [3.8, 4) is 0 Å². The van der Waals surface area contributed by atoms with Crippen LogP contribution in [0.2, 0.25) is 0 Å². The number of rotatable bonds is 7. The van der Waals surface area contributed by atoms with Crippen LogP contribution in [0.1, 0.15) is 53.9 Å². The van der Waals surface area contributed by atoms with Crippen molar-refractivity contribution in [3.05, 3.63) is 0 Å². The van der Waals surface area contributed by atoms with E-state index < -0.39 is 0 Å².